The summed E-state index contributed by atoms with van der Waals surface area (Å²) in [6, 6.07) is 9.61. The number of likely N-dealkylation sites (tertiary alicyclic amines) is 2. The molecular weight excluding hydrogens is 560 g/mol. The van der Waals surface area contributed by atoms with E-state index in [1.165, 1.54) is 0 Å². The number of nitriles is 2. The number of hydrogen-bond donors (Lipinski definition) is 2. The van der Waals surface area contributed by atoms with Gasteiger partial charge in [-0.25, -0.2) is 9.97 Å². The average Bonchev–Trinajstić information content (AvgIpc) is 3.87. The molecule has 44 heavy (non-hydrogen) atoms. The van der Waals surface area contributed by atoms with Crippen LogP contribution in [0.5, 0.6) is 0 Å². The predicted octanol–water partition coefficient (Wildman–Crippen LogP) is 2.14. The van der Waals surface area contributed by atoms with Crippen molar-refractivity contribution in [2.24, 2.45) is 11.8 Å². The Hall–Kier alpha value is -5.76. The van der Waals surface area contributed by atoms with Crippen molar-refractivity contribution in [1.82, 2.24) is 38.9 Å². The lowest BCUT2D eigenvalue weighted by Crippen LogP contribution is -2.25. The van der Waals surface area contributed by atoms with E-state index in [0.717, 1.165) is 11.3 Å². The molecule has 224 valence electrons. The van der Waals surface area contributed by atoms with Gasteiger partial charge in [-0.1, -0.05) is 12.1 Å². The third-order valence-electron chi connectivity index (χ3n) is 7.33. The molecule has 0 bridgehead atoms. The fourth-order valence-corrected chi connectivity index (χ4v) is 4.99. The fraction of sp³-hybridized carbons (Fsp3) is 0.333. The van der Waals surface area contributed by atoms with Gasteiger partial charge in [-0.15, -0.1) is 0 Å². The molecule has 2 atom stereocenters. The van der Waals surface area contributed by atoms with Gasteiger partial charge in [-0.3, -0.25) is 19.6 Å². The molecule has 2 N–H and O–H groups in total. The van der Waals surface area contributed by atoms with E-state index in [-0.39, 0.29) is 23.7 Å². The molecule has 14 nitrogen and oxygen atoms in total. The molecule has 0 unspecified atom stereocenters. The van der Waals surface area contributed by atoms with Gasteiger partial charge in [0.1, 0.15) is 0 Å². The lowest BCUT2D eigenvalue weighted by atomic mass is 10.1. The largest absolute Gasteiger partial charge is 0.331 e. The number of hydrogen-bond acceptors (Lipinski definition) is 10. The third kappa shape index (κ3) is 8.17. The zero-order valence-corrected chi connectivity index (χ0v) is 24.0. The molecule has 0 aliphatic carbocycles. The summed E-state index contributed by atoms with van der Waals surface area (Å²) in [5.41, 5.74) is 2.00. The summed E-state index contributed by atoms with van der Waals surface area (Å²) in [5, 5.41) is 23.3. The van der Waals surface area contributed by atoms with Crippen LogP contribution in [0, 0.1) is 34.7 Å². The highest BCUT2D eigenvalue weighted by atomic mass is 16.2. The minimum atomic E-state index is -0.152. The Labute approximate surface area is 254 Å². The van der Waals surface area contributed by atoms with Crippen molar-refractivity contribution in [3.8, 4) is 12.4 Å². The van der Waals surface area contributed by atoms with Crippen LogP contribution in [-0.2, 0) is 22.7 Å². The predicted molar refractivity (Wildman–Crippen MR) is 159 cm³/mol. The van der Waals surface area contributed by atoms with Crippen LogP contribution < -0.4 is 10.6 Å². The Bertz CT molecular complexity index is 1500. The van der Waals surface area contributed by atoms with Crippen LogP contribution in [0.4, 0.5) is 11.6 Å². The van der Waals surface area contributed by atoms with Gasteiger partial charge in [0, 0.05) is 57.2 Å². The van der Waals surface area contributed by atoms with Crippen molar-refractivity contribution in [3.05, 3.63) is 85.2 Å². The number of carbonyl (C=O) groups excluding carboxylic acids is 2. The van der Waals surface area contributed by atoms with Crippen LogP contribution in [0.15, 0.2) is 74.0 Å². The second kappa shape index (κ2) is 14.4. The Morgan fingerprint density at radius 2 is 1.41 bits per heavy atom. The number of rotatable bonds is 8. The van der Waals surface area contributed by atoms with Crippen LogP contribution >= 0.6 is 0 Å². The number of carbonyl (C=O) groups is 2. The molecule has 2 saturated heterocycles. The zero-order valence-electron chi connectivity index (χ0n) is 24.0. The van der Waals surface area contributed by atoms with Gasteiger partial charge < -0.3 is 29.6 Å². The smallest absolute Gasteiger partial charge is 0.230 e. The monoisotopic (exact) mass is 592 g/mol. The maximum absolute atomic E-state index is 12.1. The van der Waals surface area contributed by atoms with E-state index in [1.54, 1.807) is 53.4 Å². The maximum Gasteiger partial charge on any atom is 0.230 e. The molecule has 6 heterocycles. The molecule has 4 aromatic heterocycles. The van der Waals surface area contributed by atoms with Crippen molar-refractivity contribution in [1.29, 1.82) is 10.5 Å². The highest BCUT2D eigenvalue weighted by molar-refractivity contribution is 5.92. The Morgan fingerprint density at radius 3 is 1.91 bits per heavy atom. The highest BCUT2D eigenvalue weighted by Gasteiger charge is 2.29. The van der Waals surface area contributed by atoms with Crippen molar-refractivity contribution in [2.75, 3.05) is 36.8 Å². The van der Waals surface area contributed by atoms with Gasteiger partial charge in [-0.2, -0.15) is 10.5 Å². The number of aromatic nitrogens is 6. The highest BCUT2D eigenvalue weighted by Crippen LogP contribution is 2.18. The minimum Gasteiger partial charge on any atom is -0.331 e. The second-order valence-electron chi connectivity index (χ2n) is 10.6. The quantitative estimate of drug-likeness (QED) is 0.289. The fourth-order valence-electron chi connectivity index (χ4n) is 4.99. The van der Waals surface area contributed by atoms with Gasteiger partial charge in [-0.05, 0) is 36.6 Å². The Balaban J connectivity index is 0.000000175. The topological polar surface area (TPSA) is 174 Å². The lowest BCUT2D eigenvalue weighted by Gasteiger charge is -2.08. The molecular formula is C30H32N12O2. The number of amides is 2. The number of imidazole rings is 2. The number of nitrogens with one attached hydrogen (secondary N) is 2. The summed E-state index contributed by atoms with van der Waals surface area (Å²) in [6.45, 7) is 3.51. The SMILES string of the molecule is N#CN1CC[C@H](C(=O)Nc2cn(Cc3ccccn3)cn2)C1.N#CN1CC[C@H](C(=O)Nc2cn(Cc3cccnc3)cn2)C1. The lowest BCUT2D eigenvalue weighted by molar-refractivity contribution is -0.120. The molecule has 0 saturated carbocycles. The molecule has 6 rings (SSSR count). The van der Waals surface area contributed by atoms with E-state index in [4.69, 9.17) is 10.5 Å². The molecule has 2 fully saturated rings. The van der Waals surface area contributed by atoms with E-state index >= 15 is 0 Å². The first-order chi connectivity index (χ1) is 21.5. The van der Waals surface area contributed by atoms with Crippen LogP contribution in [0.3, 0.4) is 0 Å². The summed E-state index contributed by atoms with van der Waals surface area (Å²) >= 11 is 0. The molecule has 0 aromatic carbocycles. The van der Waals surface area contributed by atoms with Crippen molar-refractivity contribution < 1.29 is 9.59 Å². The summed E-state index contributed by atoms with van der Waals surface area (Å²) in [4.78, 5) is 44.2. The third-order valence-corrected chi connectivity index (χ3v) is 7.33. The Kier molecular flexibility index (Phi) is 9.74. The summed E-state index contributed by atoms with van der Waals surface area (Å²) in [7, 11) is 0. The molecule has 2 aliphatic rings. The number of pyridine rings is 2. The van der Waals surface area contributed by atoms with Crippen molar-refractivity contribution in [2.45, 2.75) is 25.9 Å². The summed E-state index contributed by atoms with van der Waals surface area (Å²) < 4.78 is 3.76. The van der Waals surface area contributed by atoms with E-state index in [9.17, 15) is 9.59 Å². The zero-order chi connectivity index (χ0) is 30.7. The average molecular weight is 593 g/mol. The number of anilines is 2. The molecule has 2 amide bonds. The van der Waals surface area contributed by atoms with Crippen LogP contribution in [0.25, 0.3) is 0 Å². The van der Waals surface area contributed by atoms with E-state index in [1.807, 2.05) is 39.5 Å². The molecule has 4 aromatic rings. The maximum atomic E-state index is 12.1. The summed E-state index contributed by atoms with van der Waals surface area (Å²) in [5.74, 6) is 0.592. The van der Waals surface area contributed by atoms with E-state index in [0.29, 0.717) is 63.7 Å². The van der Waals surface area contributed by atoms with Gasteiger partial charge in [0.05, 0.1) is 43.3 Å². The second-order valence-corrected chi connectivity index (χ2v) is 10.6. The number of nitrogens with zero attached hydrogens (tertiary/aromatic N) is 10. The van der Waals surface area contributed by atoms with Crippen molar-refractivity contribution >= 4 is 23.5 Å². The Morgan fingerprint density at radius 1 is 0.795 bits per heavy atom. The minimum absolute atomic E-state index is 0.0793. The van der Waals surface area contributed by atoms with Gasteiger partial charge in [0.15, 0.2) is 24.0 Å². The molecule has 0 radical (unpaired) electrons. The van der Waals surface area contributed by atoms with Crippen LogP contribution in [-0.4, -0.2) is 76.9 Å². The van der Waals surface area contributed by atoms with Gasteiger partial charge in [0.2, 0.25) is 11.8 Å². The first-order valence-electron chi connectivity index (χ1n) is 14.2. The van der Waals surface area contributed by atoms with Crippen LogP contribution in [0.1, 0.15) is 24.1 Å². The van der Waals surface area contributed by atoms with E-state index < -0.39 is 0 Å². The van der Waals surface area contributed by atoms with Gasteiger partial charge >= 0.3 is 0 Å². The molecule has 14 heteroatoms. The standard InChI is InChI=1S/2C15H16N6O/c16-10-20-5-3-13(8-20)15(22)19-14-9-21(11-18-14)7-12-2-1-4-17-6-12;16-10-20-6-4-12(7-20)15(22)19-14-9-21(11-18-14)8-13-3-1-2-5-17-13/h1-2,4,6,9,11,13H,3,5,7-8H2,(H,19,22);1-3,5,9,11-12H,4,6-8H2,(H,19,22)/t13-;12-/m00/s1. The normalized spacial score (nSPS) is 17.2. The summed E-state index contributed by atoms with van der Waals surface area (Å²) in [6.07, 6.45) is 17.7. The molecule has 2 aliphatic heterocycles. The van der Waals surface area contributed by atoms with Gasteiger partial charge in [0.25, 0.3) is 0 Å². The first kappa shape index (κ1) is 29.7. The molecule has 0 spiro atoms. The van der Waals surface area contributed by atoms with Crippen LogP contribution in [0.2, 0.25) is 0 Å². The first-order valence-corrected chi connectivity index (χ1v) is 14.2. The van der Waals surface area contributed by atoms with Crippen molar-refractivity contribution in [3.63, 3.8) is 0 Å². The van der Waals surface area contributed by atoms with E-state index in [2.05, 4.69) is 43.0 Å².